The molecule has 27 heavy (non-hydrogen) atoms. The molecule has 0 aliphatic heterocycles. The fourth-order valence-corrected chi connectivity index (χ4v) is 3.01. The van der Waals surface area contributed by atoms with Crippen LogP contribution in [0.15, 0.2) is 47.8 Å². The van der Waals surface area contributed by atoms with Gasteiger partial charge in [0.15, 0.2) is 23.3 Å². The minimum atomic E-state index is -0.488. The van der Waals surface area contributed by atoms with E-state index in [1.54, 1.807) is 35.7 Å². The molecule has 0 unspecified atom stereocenters. The second-order valence-corrected chi connectivity index (χ2v) is 6.19. The second-order valence-electron chi connectivity index (χ2n) is 5.33. The molecule has 8 heteroatoms. The zero-order valence-electron chi connectivity index (χ0n) is 14.2. The number of nitrogens with zero attached hydrogens (tertiary/aromatic N) is 2. The highest BCUT2D eigenvalue weighted by molar-refractivity contribution is 7.14. The molecule has 0 saturated carbocycles. The van der Waals surface area contributed by atoms with Gasteiger partial charge >= 0.3 is 0 Å². The Morgan fingerprint density at radius 3 is 2.85 bits per heavy atom. The van der Waals surface area contributed by atoms with Crippen molar-refractivity contribution in [2.45, 2.75) is 0 Å². The van der Waals surface area contributed by atoms with E-state index in [2.05, 4.69) is 10.3 Å². The lowest BCUT2D eigenvalue weighted by atomic mass is 10.1. The predicted octanol–water partition coefficient (Wildman–Crippen LogP) is 3.85. The number of hydrogen-bond donors (Lipinski definition) is 1. The van der Waals surface area contributed by atoms with Crippen LogP contribution in [0.2, 0.25) is 0 Å². The Balaban J connectivity index is 1.63. The van der Waals surface area contributed by atoms with E-state index in [0.717, 1.165) is 0 Å². The topological polar surface area (TPSA) is 84.2 Å². The largest absolute Gasteiger partial charge is 0.494 e. The van der Waals surface area contributed by atoms with Gasteiger partial charge in [0.05, 0.1) is 18.4 Å². The molecular formula is C19H14FN3O3S. The number of carbonyl (C=O) groups is 1. The van der Waals surface area contributed by atoms with Crippen LogP contribution in [0.1, 0.15) is 5.56 Å². The van der Waals surface area contributed by atoms with Crippen LogP contribution in [0.4, 0.5) is 9.52 Å². The van der Waals surface area contributed by atoms with Crippen LogP contribution >= 0.6 is 11.3 Å². The lowest BCUT2D eigenvalue weighted by Gasteiger charge is -2.07. The summed E-state index contributed by atoms with van der Waals surface area (Å²) >= 11 is 1.21. The molecule has 0 atom stereocenters. The first-order chi connectivity index (χ1) is 13.1. The van der Waals surface area contributed by atoms with Gasteiger partial charge in [0.1, 0.15) is 11.8 Å². The highest BCUT2D eigenvalue weighted by Crippen LogP contribution is 2.28. The number of halogens is 1. The third-order valence-corrected chi connectivity index (χ3v) is 4.32. The van der Waals surface area contributed by atoms with E-state index in [1.165, 1.54) is 30.6 Å². The fraction of sp³-hybridized carbons (Fsp3) is 0.105. The zero-order valence-corrected chi connectivity index (χ0v) is 15.0. The molecular weight excluding hydrogens is 369 g/mol. The summed E-state index contributed by atoms with van der Waals surface area (Å²) < 4.78 is 24.1. The number of para-hydroxylation sites is 1. The minimum Gasteiger partial charge on any atom is -0.494 e. The van der Waals surface area contributed by atoms with Crippen molar-refractivity contribution >= 4 is 22.4 Å². The van der Waals surface area contributed by atoms with Crippen molar-refractivity contribution in [3.63, 3.8) is 0 Å². The molecule has 0 radical (unpaired) electrons. The third kappa shape index (κ3) is 4.40. The van der Waals surface area contributed by atoms with Crippen LogP contribution in [0.25, 0.3) is 11.3 Å². The maximum Gasteiger partial charge on any atom is 0.264 e. The molecule has 0 aliphatic carbocycles. The molecule has 1 heterocycles. The van der Waals surface area contributed by atoms with Crippen molar-refractivity contribution < 1.29 is 18.7 Å². The highest BCUT2D eigenvalue weighted by atomic mass is 32.1. The van der Waals surface area contributed by atoms with Gasteiger partial charge in [0.25, 0.3) is 5.91 Å². The minimum absolute atomic E-state index is 0.150. The molecule has 6 nitrogen and oxygen atoms in total. The maximum atomic E-state index is 13.8. The SMILES string of the molecule is COc1ccc(-c2csc(NC(=O)COc3ccccc3C#N)n2)cc1F. The van der Waals surface area contributed by atoms with Gasteiger partial charge in [0, 0.05) is 10.9 Å². The first kappa shape index (κ1) is 18.4. The number of nitrogens with one attached hydrogen (secondary N) is 1. The van der Waals surface area contributed by atoms with Crippen LogP contribution in [-0.2, 0) is 4.79 Å². The van der Waals surface area contributed by atoms with Crippen LogP contribution in [0.5, 0.6) is 11.5 Å². The molecule has 1 aromatic heterocycles. The molecule has 0 bridgehead atoms. The summed E-state index contributed by atoms with van der Waals surface area (Å²) in [6, 6.07) is 13.2. The van der Waals surface area contributed by atoms with Gasteiger partial charge in [-0.25, -0.2) is 9.37 Å². The number of ether oxygens (including phenoxy) is 2. The first-order valence-electron chi connectivity index (χ1n) is 7.82. The maximum absolute atomic E-state index is 13.8. The molecule has 0 fully saturated rings. The molecule has 1 amide bonds. The second kappa shape index (κ2) is 8.29. The van der Waals surface area contributed by atoms with Crippen molar-refractivity contribution in [1.82, 2.24) is 4.98 Å². The van der Waals surface area contributed by atoms with Crippen molar-refractivity contribution in [2.75, 3.05) is 19.0 Å². The Kier molecular flexibility index (Phi) is 5.64. The lowest BCUT2D eigenvalue weighted by Crippen LogP contribution is -2.20. The van der Waals surface area contributed by atoms with Crippen molar-refractivity contribution in [1.29, 1.82) is 5.26 Å². The van der Waals surface area contributed by atoms with Crippen molar-refractivity contribution in [3.8, 4) is 28.8 Å². The molecule has 0 saturated heterocycles. The van der Waals surface area contributed by atoms with Gasteiger partial charge in [-0.05, 0) is 30.3 Å². The average molecular weight is 383 g/mol. The summed E-state index contributed by atoms with van der Waals surface area (Å²) in [5.41, 5.74) is 1.46. The summed E-state index contributed by atoms with van der Waals surface area (Å²) in [6.45, 7) is -0.259. The summed E-state index contributed by atoms with van der Waals surface area (Å²) in [5.74, 6) is -0.413. The van der Waals surface area contributed by atoms with E-state index in [4.69, 9.17) is 14.7 Å². The normalized spacial score (nSPS) is 10.1. The van der Waals surface area contributed by atoms with Crippen molar-refractivity contribution in [2.24, 2.45) is 0 Å². The lowest BCUT2D eigenvalue weighted by molar-refractivity contribution is -0.118. The van der Waals surface area contributed by atoms with Gasteiger partial charge in [0.2, 0.25) is 0 Å². The number of thiazole rings is 1. The number of anilines is 1. The Bertz CT molecular complexity index is 1010. The molecule has 3 rings (SSSR count). The highest BCUT2D eigenvalue weighted by Gasteiger charge is 2.12. The molecule has 2 aromatic carbocycles. The average Bonchev–Trinajstić information content (AvgIpc) is 3.15. The Morgan fingerprint density at radius 1 is 1.30 bits per heavy atom. The van der Waals surface area contributed by atoms with E-state index >= 15 is 0 Å². The fourth-order valence-electron chi connectivity index (χ4n) is 2.27. The molecule has 3 aromatic rings. The van der Waals surface area contributed by atoms with Crippen LogP contribution in [0, 0.1) is 17.1 Å². The van der Waals surface area contributed by atoms with E-state index < -0.39 is 11.7 Å². The number of hydrogen-bond acceptors (Lipinski definition) is 6. The Hall–Kier alpha value is -3.44. The third-order valence-electron chi connectivity index (χ3n) is 3.56. The van der Waals surface area contributed by atoms with Crippen molar-refractivity contribution in [3.05, 3.63) is 59.2 Å². The Labute approximate surface area is 158 Å². The zero-order chi connectivity index (χ0) is 19.2. The summed E-state index contributed by atoms with van der Waals surface area (Å²) in [5, 5.41) is 13.7. The van der Waals surface area contributed by atoms with Crippen LogP contribution in [-0.4, -0.2) is 24.6 Å². The van der Waals surface area contributed by atoms with E-state index in [0.29, 0.717) is 27.7 Å². The molecule has 0 aliphatic rings. The van der Waals surface area contributed by atoms with Gasteiger partial charge in [-0.3, -0.25) is 10.1 Å². The van der Waals surface area contributed by atoms with Crippen LogP contribution < -0.4 is 14.8 Å². The first-order valence-corrected chi connectivity index (χ1v) is 8.70. The summed E-state index contributed by atoms with van der Waals surface area (Å²) in [4.78, 5) is 16.3. The van der Waals surface area contributed by atoms with E-state index in [-0.39, 0.29) is 12.4 Å². The van der Waals surface area contributed by atoms with Gasteiger partial charge in [-0.1, -0.05) is 12.1 Å². The van der Waals surface area contributed by atoms with Gasteiger partial charge in [-0.2, -0.15) is 5.26 Å². The summed E-state index contributed by atoms with van der Waals surface area (Å²) in [6.07, 6.45) is 0. The number of amides is 1. The monoisotopic (exact) mass is 383 g/mol. The quantitative estimate of drug-likeness (QED) is 0.699. The smallest absolute Gasteiger partial charge is 0.264 e. The van der Waals surface area contributed by atoms with Gasteiger partial charge < -0.3 is 9.47 Å². The number of benzene rings is 2. The number of rotatable bonds is 6. The molecule has 0 spiro atoms. The van der Waals surface area contributed by atoms with Gasteiger partial charge in [-0.15, -0.1) is 11.3 Å². The predicted molar refractivity (Wildman–Crippen MR) is 99.3 cm³/mol. The summed E-state index contributed by atoms with van der Waals surface area (Å²) in [7, 11) is 1.39. The molecule has 136 valence electrons. The standard InChI is InChI=1S/C19H14FN3O3S/c1-25-17-7-6-12(8-14(17)20)15-11-27-19(22-15)23-18(24)10-26-16-5-3-2-4-13(16)9-21/h2-8,11H,10H2,1H3,(H,22,23,24). The number of nitriles is 1. The number of carbonyl (C=O) groups excluding carboxylic acids is 1. The van der Waals surface area contributed by atoms with E-state index in [9.17, 15) is 9.18 Å². The molecule has 1 N–H and O–H groups in total. The number of methoxy groups -OCH3 is 1. The Morgan fingerprint density at radius 2 is 2.11 bits per heavy atom. The van der Waals surface area contributed by atoms with Crippen LogP contribution in [0.3, 0.4) is 0 Å². The van der Waals surface area contributed by atoms with E-state index in [1.807, 2.05) is 6.07 Å². The number of aromatic nitrogens is 1.